The Bertz CT molecular complexity index is 702. The number of hydrogen-bond donors (Lipinski definition) is 1. The van der Waals surface area contributed by atoms with E-state index in [1.165, 1.54) is 24.3 Å². The molecule has 0 atom stereocenters. The van der Waals surface area contributed by atoms with Gasteiger partial charge in [-0.2, -0.15) is 13.2 Å². The zero-order chi connectivity index (χ0) is 16.3. The van der Waals surface area contributed by atoms with Gasteiger partial charge < -0.3 is 5.11 Å². The first-order chi connectivity index (χ1) is 10.3. The van der Waals surface area contributed by atoms with Gasteiger partial charge in [0.2, 0.25) is 0 Å². The van der Waals surface area contributed by atoms with Crippen molar-refractivity contribution in [3.8, 4) is 5.75 Å². The molecule has 0 aliphatic heterocycles. The number of allylic oxidation sites excluding steroid dienone is 1. The van der Waals surface area contributed by atoms with Gasteiger partial charge in [-0.3, -0.25) is 4.79 Å². The van der Waals surface area contributed by atoms with Crippen LogP contribution in [0.2, 0.25) is 5.02 Å². The number of rotatable bonds is 3. The first kappa shape index (κ1) is 16.1. The summed E-state index contributed by atoms with van der Waals surface area (Å²) in [6.45, 7) is 0. The number of ketones is 1. The van der Waals surface area contributed by atoms with Gasteiger partial charge in [0, 0.05) is 10.6 Å². The molecule has 2 aromatic rings. The molecule has 114 valence electrons. The van der Waals surface area contributed by atoms with E-state index in [2.05, 4.69) is 0 Å². The molecular formula is C16H10ClF3O2. The molecule has 0 saturated heterocycles. The summed E-state index contributed by atoms with van der Waals surface area (Å²) < 4.78 is 39.4. The third-order valence-corrected chi connectivity index (χ3v) is 3.11. The third kappa shape index (κ3) is 3.89. The first-order valence-corrected chi connectivity index (χ1v) is 6.53. The number of carbonyl (C=O) groups is 1. The maximum atomic E-state index is 13.1. The van der Waals surface area contributed by atoms with Crippen molar-refractivity contribution in [2.45, 2.75) is 6.18 Å². The number of alkyl halides is 3. The van der Waals surface area contributed by atoms with Crippen LogP contribution in [0.3, 0.4) is 0 Å². The van der Waals surface area contributed by atoms with Gasteiger partial charge in [0.15, 0.2) is 5.78 Å². The highest BCUT2D eigenvalue weighted by Crippen LogP contribution is 2.31. The van der Waals surface area contributed by atoms with Crippen molar-refractivity contribution < 1.29 is 23.1 Å². The van der Waals surface area contributed by atoms with E-state index in [0.29, 0.717) is 5.02 Å². The van der Waals surface area contributed by atoms with Gasteiger partial charge in [-0.1, -0.05) is 23.7 Å². The number of hydrogen-bond acceptors (Lipinski definition) is 2. The summed E-state index contributed by atoms with van der Waals surface area (Å²) in [5.41, 5.74) is -1.24. The minimum Gasteiger partial charge on any atom is -0.508 e. The van der Waals surface area contributed by atoms with Gasteiger partial charge in [0.05, 0.1) is 0 Å². The lowest BCUT2D eigenvalue weighted by Crippen LogP contribution is -2.20. The molecular weight excluding hydrogens is 317 g/mol. The molecule has 0 aromatic heterocycles. The smallest absolute Gasteiger partial charge is 0.420 e. The molecule has 22 heavy (non-hydrogen) atoms. The van der Waals surface area contributed by atoms with Crippen LogP contribution in [0.1, 0.15) is 15.9 Å². The molecule has 0 radical (unpaired) electrons. The minimum atomic E-state index is -4.80. The summed E-state index contributed by atoms with van der Waals surface area (Å²) in [7, 11) is 0. The van der Waals surface area contributed by atoms with Crippen LogP contribution in [-0.2, 0) is 0 Å². The highest BCUT2D eigenvalue weighted by atomic mass is 35.5. The Morgan fingerprint density at radius 3 is 2.05 bits per heavy atom. The molecule has 0 saturated carbocycles. The second kappa shape index (κ2) is 6.23. The van der Waals surface area contributed by atoms with E-state index >= 15 is 0 Å². The van der Waals surface area contributed by atoms with Crippen LogP contribution in [0.4, 0.5) is 13.2 Å². The average Bonchev–Trinajstić information content (AvgIpc) is 2.45. The van der Waals surface area contributed by atoms with Crippen molar-refractivity contribution in [2.24, 2.45) is 0 Å². The summed E-state index contributed by atoms with van der Waals surface area (Å²) in [6, 6.07) is 10.2. The molecule has 0 amide bonds. The maximum Gasteiger partial charge on any atom is 0.420 e. The van der Waals surface area contributed by atoms with Gasteiger partial charge in [-0.05, 0) is 48.0 Å². The lowest BCUT2D eigenvalue weighted by atomic mass is 10.0. The topological polar surface area (TPSA) is 37.3 Å². The predicted octanol–water partition coefficient (Wildman–Crippen LogP) is 4.87. The van der Waals surface area contributed by atoms with Crippen LogP contribution in [-0.4, -0.2) is 17.1 Å². The summed E-state index contributed by atoms with van der Waals surface area (Å²) in [5.74, 6) is -1.30. The Labute approximate surface area is 129 Å². The van der Waals surface area contributed by atoms with E-state index in [-0.39, 0.29) is 16.9 Å². The van der Waals surface area contributed by atoms with Crippen LogP contribution in [0.15, 0.2) is 54.1 Å². The van der Waals surface area contributed by atoms with Gasteiger partial charge in [0.1, 0.15) is 11.3 Å². The number of phenols is 1. The van der Waals surface area contributed by atoms with Crippen molar-refractivity contribution in [1.29, 1.82) is 0 Å². The Kier molecular flexibility index (Phi) is 4.56. The molecule has 0 aliphatic carbocycles. The van der Waals surface area contributed by atoms with Crippen LogP contribution in [0, 0.1) is 0 Å². The highest BCUT2D eigenvalue weighted by Gasteiger charge is 2.38. The van der Waals surface area contributed by atoms with Crippen molar-refractivity contribution in [3.63, 3.8) is 0 Å². The number of Topliss-reactive ketones (excluding diaryl/α,β-unsaturated/α-hetero) is 1. The van der Waals surface area contributed by atoms with Gasteiger partial charge >= 0.3 is 6.18 Å². The fourth-order valence-corrected chi connectivity index (χ4v) is 1.90. The summed E-state index contributed by atoms with van der Waals surface area (Å²) in [5, 5.41) is 9.52. The number of carbonyl (C=O) groups excluding carboxylic acids is 1. The van der Waals surface area contributed by atoms with Crippen LogP contribution >= 0.6 is 11.6 Å². The molecule has 0 bridgehead atoms. The van der Waals surface area contributed by atoms with E-state index in [9.17, 15) is 18.0 Å². The number of phenolic OH excluding ortho intramolecular Hbond substituents is 1. The molecule has 0 aliphatic rings. The molecule has 0 heterocycles. The second-order valence-corrected chi connectivity index (χ2v) is 4.92. The van der Waals surface area contributed by atoms with Gasteiger partial charge in [0.25, 0.3) is 0 Å². The normalized spacial score (nSPS) is 12.3. The molecule has 2 nitrogen and oxygen atoms in total. The summed E-state index contributed by atoms with van der Waals surface area (Å²) in [6.07, 6.45) is -4.03. The van der Waals surface area contributed by atoms with E-state index < -0.39 is 17.5 Å². The zero-order valence-corrected chi connectivity index (χ0v) is 11.8. The quantitative estimate of drug-likeness (QED) is 0.645. The molecule has 6 heteroatoms. The Hall–Kier alpha value is -2.27. The Morgan fingerprint density at radius 2 is 1.55 bits per heavy atom. The van der Waals surface area contributed by atoms with E-state index in [1.807, 2.05) is 0 Å². The molecule has 2 aromatic carbocycles. The Balaban J connectivity index is 2.44. The molecule has 0 fully saturated rings. The van der Waals surface area contributed by atoms with Crippen LogP contribution in [0.25, 0.3) is 6.08 Å². The molecule has 1 N–H and O–H groups in total. The van der Waals surface area contributed by atoms with Crippen LogP contribution < -0.4 is 0 Å². The lowest BCUT2D eigenvalue weighted by Gasteiger charge is -2.11. The minimum absolute atomic E-state index is 0.133. The highest BCUT2D eigenvalue weighted by molar-refractivity contribution is 6.30. The van der Waals surface area contributed by atoms with Crippen molar-refractivity contribution in [1.82, 2.24) is 0 Å². The van der Waals surface area contributed by atoms with Crippen molar-refractivity contribution in [2.75, 3.05) is 0 Å². The standard InChI is InChI=1S/C16H10ClF3O2/c17-12-5-1-10(2-6-12)9-14(16(18,19)20)15(22)11-3-7-13(21)8-4-11/h1-9,21H/b14-9-. The molecule has 2 rings (SSSR count). The Morgan fingerprint density at radius 1 is 1.00 bits per heavy atom. The first-order valence-electron chi connectivity index (χ1n) is 6.15. The SMILES string of the molecule is O=C(/C(=C/c1ccc(Cl)cc1)C(F)(F)F)c1ccc(O)cc1. The van der Waals surface area contributed by atoms with E-state index in [0.717, 1.165) is 30.3 Å². The lowest BCUT2D eigenvalue weighted by molar-refractivity contribution is -0.0878. The number of halogens is 4. The third-order valence-electron chi connectivity index (χ3n) is 2.86. The average molecular weight is 327 g/mol. The van der Waals surface area contributed by atoms with E-state index in [4.69, 9.17) is 16.7 Å². The van der Waals surface area contributed by atoms with Crippen molar-refractivity contribution >= 4 is 23.5 Å². The molecule has 0 spiro atoms. The zero-order valence-electron chi connectivity index (χ0n) is 11.1. The van der Waals surface area contributed by atoms with Gasteiger partial charge in [-0.15, -0.1) is 0 Å². The van der Waals surface area contributed by atoms with Crippen LogP contribution in [0.5, 0.6) is 5.75 Å². The van der Waals surface area contributed by atoms with Gasteiger partial charge in [-0.25, -0.2) is 0 Å². The summed E-state index contributed by atoms with van der Waals surface area (Å²) >= 11 is 5.68. The monoisotopic (exact) mass is 326 g/mol. The van der Waals surface area contributed by atoms with Crippen molar-refractivity contribution in [3.05, 3.63) is 70.3 Å². The number of aromatic hydroxyl groups is 1. The summed E-state index contributed by atoms with van der Waals surface area (Å²) in [4.78, 5) is 12.1. The second-order valence-electron chi connectivity index (χ2n) is 4.48. The largest absolute Gasteiger partial charge is 0.508 e. The maximum absolute atomic E-state index is 13.1. The molecule has 0 unspecified atom stereocenters. The fourth-order valence-electron chi connectivity index (χ4n) is 1.77. The predicted molar refractivity (Wildman–Crippen MR) is 77.9 cm³/mol. The fraction of sp³-hybridized carbons (Fsp3) is 0.0625. The number of benzene rings is 2. The van der Waals surface area contributed by atoms with E-state index in [1.54, 1.807) is 0 Å².